The molecule has 6 heteroatoms. The molecule has 1 aromatic heterocycles. The Morgan fingerprint density at radius 2 is 1.49 bits per heavy atom. The van der Waals surface area contributed by atoms with Crippen LogP contribution in [-0.4, -0.2) is 35.4 Å². The zero-order valence-electron chi connectivity index (χ0n) is 20.0. The first kappa shape index (κ1) is 24.2. The van der Waals surface area contributed by atoms with Crippen molar-refractivity contribution < 1.29 is 9.59 Å². The molecule has 0 saturated heterocycles. The Morgan fingerprint density at radius 3 is 2.23 bits per heavy atom. The summed E-state index contributed by atoms with van der Waals surface area (Å²) in [6.45, 7) is 2.89. The van der Waals surface area contributed by atoms with Gasteiger partial charge in [0.05, 0.1) is 6.04 Å². The Kier molecular flexibility index (Phi) is 8.30. The molecule has 0 aliphatic heterocycles. The van der Waals surface area contributed by atoms with Gasteiger partial charge in [-0.05, 0) is 36.1 Å². The van der Waals surface area contributed by atoms with E-state index in [-0.39, 0.29) is 11.8 Å². The molecular formula is C29H32N4O2. The fourth-order valence-corrected chi connectivity index (χ4v) is 4.08. The van der Waals surface area contributed by atoms with Crippen molar-refractivity contribution in [2.24, 2.45) is 0 Å². The van der Waals surface area contributed by atoms with Crippen molar-refractivity contribution in [3.8, 4) is 0 Å². The predicted molar refractivity (Wildman–Crippen MR) is 140 cm³/mol. The minimum absolute atomic E-state index is 0.185. The highest BCUT2D eigenvalue weighted by molar-refractivity contribution is 5.91. The van der Waals surface area contributed by atoms with Gasteiger partial charge in [-0.1, -0.05) is 78.9 Å². The molecule has 0 spiro atoms. The maximum Gasteiger partial charge on any atom is 0.242 e. The van der Waals surface area contributed by atoms with Gasteiger partial charge in [-0.3, -0.25) is 9.59 Å². The van der Waals surface area contributed by atoms with Crippen molar-refractivity contribution in [3.63, 3.8) is 0 Å². The molecular weight excluding hydrogens is 436 g/mol. The zero-order chi connectivity index (χ0) is 24.5. The van der Waals surface area contributed by atoms with Crippen LogP contribution in [0.2, 0.25) is 0 Å². The third-order valence-electron chi connectivity index (χ3n) is 6.14. The van der Waals surface area contributed by atoms with Crippen LogP contribution >= 0.6 is 0 Å². The second kappa shape index (κ2) is 12.0. The number of amides is 2. The number of benzene rings is 3. The van der Waals surface area contributed by atoms with Gasteiger partial charge in [0.1, 0.15) is 6.04 Å². The lowest BCUT2D eigenvalue weighted by molar-refractivity contribution is -0.129. The molecule has 1 heterocycles. The number of fused-ring (bicyclic) bond motifs is 1. The lowest BCUT2D eigenvalue weighted by atomic mass is 10.0. The Hall–Kier alpha value is -3.90. The first-order valence-electron chi connectivity index (χ1n) is 12.0. The van der Waals surface area contributed by atoms with Crippen molar-refractivity contribution in [3.05, 3.63) is 108 Å². The number of hydrogen-bond acceptors (Lipinski definition) is 3. The van der Waals surface area contributed by atoms with Crippen molar-refractivity contribution in [2.45, 2.75) is 38.4 Å². The number of rotatable bonds is 11. The number of para-hydroxylation sites is 1. The second-order valence-electron chi connectivity index (χ2n) is 8.74. The van der Waals surface area contributed by atoms with E-state index in [1.54, 1.807) is 0 Å². The summed E-state index contributed by atoms with van der Waals surface area (Å²) in [6.07, 6.45) is 3.05. The summed E-state index contributed by atoms with van der Waals surface area (Å²) in [5, 5.41) is 10.3. The van der Waals surface area contributed by atoms with E-state index in [1.165, 1.54) is 0 Å². The molecule has 0 unspecified atom stereocenters. The van der Waals surface area contributed by atoms with Crippen LogP contribution in [0.3, 0.4) is 0 Å². The van der Waals surface area contributed by atoms with E-state index in [0.29, 0.717) is 19.5 Å². The van der Waals surface area contributed by atoms with Gasteiger partial charge in [0, 0.05) is 36.6 Å². The molecule has 4 aromatic rings. The number of carbonyl (C=O) groups excluding carboxylic acids is 2. The average molecular weight is 469 g/mol. The van der Waals surface area contributed by atoms with Gasteiger partial charge in [-0.15, -0.1) is 0 Å². The monoisotopic (exact) mass is 468 g/mol. The predicted octanol–water partition coefficient (Wildman–Crippen LogP) is 3.73. The summed E-state index contributed by atoms with van der Waals surface area (Å²) in [5.74, 6) is -0.390. The van der Waals surface area contributed by atoms with Gasteiger partial charge < -0.3 is 20.9 Å². The summed E-state index contributed by atoms with van der Waals surface area (Å²) in [4.78, 5) is 29.4. The van der Waals surface area contributed by atoms with E-state index in [0.717, 1.165) is 34.0 Å². The molecule has 2 atom stereocenters. The molecule has 2 amide bonds. The van der Waals surface area contributed by atoms with Crippen LogP contribution in [0.4, 0.5) is 0 Å². The SMILES string of the molecule is C[C@H](NCc1ccccc1)C(=O)N[C@H](Cc1c[nH]c2ccccc12)C(=O)NCCc1ccccc1. The minimum atomic E-state index is -0.682. The number of carbonyl (C=O) groups is 2. The van der Waals surface area contributed by atoms with Gasteiger partial charge in [0.2, 0.25) is 11.8 Å². The number of aromatic nitrogens is 1. The summed E-state index contributed by atoms with van der Waals surface area (Å²) in [6, 6.07) is 26.8. The van der Waals surface area contributed by atoms with Gasteiger partial charge >= 0.3 is 0 Å². The molecule has 4 rings (SSSR count). The summed E-state index contributed by atoms with van der Waals surface area (Å²) < 4.78 is 0. The minimum Gasteiger partial charge on any atom is -0.361 e. The van der Waals surface area contributed by atoms with Crippen molar-refractivity contribution >= 4 is 22.7 Å². The Labute approximate surface area is 206 Å². The highest BCUT2D eigenvalue weighted by Gasteiger charge is 2.24. The van der Waals surface area contributed by atoms with Crippen molar-refractivity contribution in [2.75, 3.05) is 6.54 Å². The van der Waals surface area contributed by atoms with Gasteiger partial charge in [0.25, 0.3) is 0 Å². The third kappa shape index (κ3) is 6.80. The van der Waals surface area contributed by atoms with Crippen LogP contribution in [0.25, 0.3) is 10.9 Å². The standard InChI is InChI=1S/C29H32N4O2/c1-21(31-19-23-12-6-3-7-13-23)28(34)33-27(18-24-20-32-26-15-9-8-14-25(24)26)29(35)30-17-16-22-10-4-2-5-11-22/h2-15,20-21,27,31-32H,16-19H2,1H3,(H,30,35)(H,33,34)/t21-,27+/m0/s1. The Balaban J connectivity index is 1.41. The number of H-pyrrole nitrogens is 1. The largest absolute Gasteiger partial charge is 0.361 e. The topological polar surface area (TPSA) is 86.0 Å². The smallest absolute Gasteiger partial charge is 0.242 e. The Bertz CT molecular complexity index is 1240. The third-order valence-corrected chi connectivity index (χ3v) is 6.14. The van der Waals surface area contributed by atoms with E-state index in [2.05, 4.69) is 20.9 Å². The van der Waals surface area contributed by atoms with Gasteiger partial charge in [-0.25, -0.2) is 0 Å². The zero-order valence-corrected chi connectivity index (χ0v) is 20.0. The molecule has 3 aromatic carbocycles. The molecule has 0 radical (unpaired) electrons. The first-order valence-corrected chi connectivity index (χ1v) is 12.0. The number of hydrogen-bond donors (Lipinski definition) is 4. The molecule has 0 bridgehead atoms. The fraction of sp³-hybridized carbons (Fsp3) is 0.241. The lowest BCUT2D eigenvalue weighted by Crippen LogP contribution is -2.53. The van der Waals surface area contributed by atoms with Crippen LogP contribution in [-0.2, 0) is 29.0 Å². The lowest BCUT2D eigenvalue weighted by Gasteiger charge is -2.21. The van der Waals surface area contributed by atoms with Crippen molar-refractivity contribution in [1.29, 1.82) is 0 Å². The molecule has 0 aliphatic carbocycles. The van der Waals surface area contributed by atoms with E-state index >= 15 is 0 Å². The van der Waals surface area contributed by atoms with E-state index < -0.39 is 12.1 Å². The highest BCUT2D eigenvalue weighted by atomic mass is 16.2. The molecule has 35 heavy (non-hydrogen) atoms. The molecule has 0 aliphatic rings. The molecule has 0 fully saturated rings. The molecule has 4 N–H and O–H groups in total. The highest BCUT2D eigenvalue weighted by Crippen LogP contribution is 2.19. The van der Waals surface area contributed by atoms with Crippen molar-refractivity contribution in [1.82, 2.24) is 20.9 Å². The molecule has 6 nitrogen and oxygen atoms in total. The quantitative estimate of drug-likeness (QED) is 0.271. The summed E-state index contributed by atoms with van der Waals surface area (Å²) in [7, 11) is 0. The molecule has 0 saturated carbocycles. The van der Waals surface area contributed by atoms with E-state index in [4.69, 9.17) is 0 Å². The van der Waals surface area contributed by atoms with Gasteiger partial charge in [-0.2, -0.15) is 0 Å². The van der Waals surface area contributed by atoms with E-state index in [1.807, 2.05) is 98.0 Å². The Morgan fingerprint density at radius 1 is 0.829 bits per heavy atom. The maximum absolute atomic E-state index is 13.2. The fourth-order valence-electron chi connectivity index (χ4n) is 4.08. The van der Waals surface area contributed by atoms with Crippen LogP contribution in [0.15, 0.2) is 91.1 Å². The van der Waals surface area contributed by atoms with Crippen LogP contribution in [0.5, 0.6) is 0 Å². The number of aromatic amines is 1. The second-order valence-corrected chi connectivity index (χ2v) is 8.74. The number of nitrogens with one attached hydrogen (secondary N) is 4. The summed E-state index contributed by atoms with van der Waals surface area (Å²) >= 11 is 0. The summed E-state index contributed by atoms with van der Waals surface area (Å²) in [5.41, 5.74) is 4.26. The van der Waals surface area contributed by atoms with E-state index in [9.17, 15) is 9.59 Å². The molecule has 180 valence electrons. The maximum atomic E-state index is 13.2. The first-order chi connectivity index (χ1) is 17.1. The van der Waals surface area contributed by atoms with Crippen LogP contribution in [0.1, 0.15) is 23.6 Å². The van der Waals surface area contributed by atoms with Crippen LogP contribution in [0, 0.1) is 0 Å². The van der Waals surface area contributed by atoms with Crippen LogP contribution < -0.4 is 16.0 Å². The normalized spacial score (nSPS) is 12.7. The van der Waals surface area contributed by atoms with Gasteiger partial charge in [0.15, 0.2) is 0 Å². The average Bonchev–Trinajstić information content (AvgIpc) is 3.30.